The van der Waals surface area contributed by atoms with Gasteiger partial charge in [-0.05, 0) is 0 Å². The summed E-state index contributed by atoms with van der Waals surface area (Å²) in [6.45, 7) is -5.53. The van der Waals surface area contributed by atoms with Gasteiger partial charge in [-0.25, -0.2) is 45.7 Å². The van der Waals surface area contributed by atoms with Crippen molar-refractivity contribution in [1.82, 2.24) is 0 Å². The fourth-order valence-corrected chi connectivity index (χ4v) is 11.1. The van der Waals surface area contributed by atoms with Gasteiger partial charge < -0.3 is 127 Å². The monoisotopic (exact) mass is 1300 g/mol. The molecule has 0 bridgehead atoms. The summed E-state index contributed by atoms with van der Waals surface area (Å²) in [5, 5.41) is 11.8. The first-order valence-corrected chi connectivity index (χ1v) is 33.3. The molecule has 15 atom stereocenters. The van der Waals surface area contributed by atoms with E-state index in [1.807, 2.05) is 0 Å². The van der Waals surface area contributed by atoms with Crippen molar-refractivity contribution in [1.29, 1.82) is 0 Å². The molecular weight excluding hydrogens is 1260 g/mol. The second kappa shape index (κ2) is 25.6. The lowest BCUT2D eigenvalue weighted by Crippen LogP contribution is -2.67. The van der Waals surface area contributed by atoms with Gasteiger partial charge in [-0.15, -0.1) is 0 Å². The molecule has 0 aliphatic carbocycles. The molecule has 0 aromatic carbocycles. The van der Waals surface area contributed by atoms with E-state index in [2.05, 4.69) is 45.2 Å². The van der Waals surface area contributed by atoms with E-state index in [9.17, 15) is 149 Å². The molecule has 440 valence electrons. The van der Waals surface area contributed by atoms with Crippen molar-refractivity contribution < 1.29 is 218 Å². The molecule has 0 aromatic rings. The molecule has 3 fully saturated rings. The lowest BCUT2D eigenvalue weighted by molar-refractivity contribution is -0.371. The van der Waals surface area contributed by atoms with Gasteiger partial charge in [-0.3, -0.25) is 45.2 Å². The summed E-state index contributed by atoms with van der Waals surface area (Å²) in [4.78, 5) is 192. The van der Waals surface area contributed by atoms with Crippen molar-refractivity contribution in [3.05, 3.63) is 0 Å². The minimum absolute atomic E-state index is 1.81. The molecule has 3 saturated heterocycles. The Morgan fingerprint density at radius 3 is 0.865 bits per heavy atom. The molecule has 3 heterocycles. The molecule has 21 N–H and O–H groups in total. The molecule has 56 heteroatoms. The molecule has 3 aliphatic rings. The second-order valence-corrected chi connectivity index (χ2v) is 26.2. The predicted octanol–water partition coefficient (Wildman–Crippen LogP) is -6.40. The largest absolute Gasteiger partial charge is 0.472 e. The first kappa shape index (κ1) is 69.1. The minimum Gasteiger partial charge on any atom is -0.387 e. The molecule has 0 spiro atoms. The normalized spacial score (nSPS) is 32.9. The number of hydrogen-bond donors (Lipinski definition) is 21. The Kier molecular flexibility index (Phi) is 23.9. The number of ether oxygens (including phenoxy) is 5. The lowest BCUT2D eigenvalue weighted by Gasteiger charge is -2.50. The van der Waals surface area contributed by atoms with E-state index in [0.29, 0.717) is 0 Å². The summed E-state index contributed by atoms with van der Waals surface area (Å²) >= 11 is 0. The third-order valence-corrected chi connectivity index (χ3v) is 13.4. The Morgan fingerprint density at radius 1 is 0.270 bits per heavy atom. The highest BCUT2D eigenvalue weighted by Crippen LogP contribution is 2.54. The maximum absolute atomic E-state index is 12.4. The first-order valence-electron chi connectivity index (χ1n) is 18.0. The Bertz CT molecular complexity index is 2370. The van der Waals surface area contributed by atoms with Crippen molar-refractivity contribution in [2.24, 2.45) is 0 Å². The van der Waals surface area contributed by atoms with Crippen LogP contribution in [0.25, 0.3) is 0 Å². The number of rotatable bonds is 27. The smallest absolute Gasteiger partial charge is 0.387 e. The van der Waals surface area contributed by atoms with Gasteiger partial charge in [0.15, 0.2) is 25.0 Å². The number of hydrogen-bond acceptors (Lipinski definition) is 26. The molecule has 3 aliphatic heterocycles. The molecule has 0 saturated carbocycles. The van der Waals surface area contributed by atoms with Crippen molar-refractivity contribution >= 4 is 78.2 Å². The van der Waals surface area contributed by atoms with Crippen molar-refractivity contribution in [2.45, 2.75) is 92.1 Å². The van der Waals surface area contributed by atoms with Gasteiger partial charge in [0.2, 0.25) is 0 Å². The number of aliphatic hydroxyl groups is 1. The van der Waals surface area contributed by atoms with Gasteiger partial charge in [0.25, 0.3) is 0 Å². The topological polar surface area (TPSA) is 734 Å². The maximum atomic E-state index is 12.4. The van der Waals surface area contributed by atoms with E-state index >= 15 is 0 Å². The average Bonchev–Trinajstić information content (AvgIpc) is 3.12. The molecule has 0 aromatic heterocycles. The van der Waals surface area contributed by atoms with Crippen LogP contribution in [0.15, 0.2) is 0 Å². The summed E-state index contributed by atoms with van der Waals surface area (Å²) in [5.41, 5.74) is 0. The third-order valence-electron chi connectivity index (χ3n) is 8.40. The molecule has 0 radical (unpaired) electrons. The highest BCUT2D eigenvalue weighted by molar-refractivity contribution is 7.48. The van der Waals surface area contributed by atoms with Crippen LogP contribution in [0.3, 0.4) is 0 Å². The van der Waals surface area contributed by atoms with Gasteiger partial charge in [0.1, 0.15) is 67.1 Å². The number of phosphoric ester groups is 10. The highest BCUT2D eigenvalue weighted by atomic mass is 31.2. The molecule has 46 nitrogen and oxygen atoms in total. The predicted molar refractivity (Wildman–Crippen MR) is 210 cm³/mol. The lowest BCUT2D eigenvalue weighted by atomic mass is 9.96. The number of phosphoric acid groups is 10. The van der Waals surface area contributed by atoms with Gasteiger partial charge in [-0.2, -0.15) is 0 Å². The molecule has 0 amide bonds. The molecular formula is C18H42O46P10. The average molecular weight is 1300 g/mol. The van der Waals surface area contributed by atoms with E-state index < -0.39 is 190 Å². The van der Waals surface area contributed by atoms with Crippen LogP contribution in [0.4, 0.5) is 0 Å². The van der Waals surface area contributed by atoms with Crippen LogP contribution < -0.4 is 0 Å². The Labute approximate surface area is 407 Å². The SMILES string of the molecule is O=P(O)(O)OC[C@H]1O[C@H](O[C@H]2[C@H](OP(=O)(O)O)[C@@H](OP(=O)(O)O)C(OP(=O)(O)O)O[C@@H]2COP(=O)(O)O)[C@H](OP(=O)(O)O)[C@@H](O)[C@@H]1O[C@H]1O[C@H](COP(=O)(O)O)[C@@H](OP(=O)(O)O)[C@H](OP(=O)(O)O)[C@H]1OP(=O)(O)O. The second-order valence-electron chi connectivity index (χ2n) is 14.1. The van der Waals surface area contributed by atoms with Gasteiger partial charge in [-0.1, -0.05) is 0 Å². The summed E-state index contributed by atoms with van der Waals surface area (Å²) in [5.74, 6) is 0. The van der Waals surface area contributed by atoms with Crippen LogP contribution in [-0.4, -0.2) is 215 Å². The van der Waals surface area contributed by atoms with Crippen molar-refractivity contribution in [3.63, 3.8) is 0 Å². The quantitative estimate of drug-likeness (QED) is 0.0340. The summed E-state index contributed by atoms with van der Waals surface area (Å²) in [7, 11) is -61.2. The van der Waals surface area contributed by atoms with Gasteiger partial charge >= 0.3 is 78.2 Å². The van der Waals surface area contributed by atoms with Crippen LogP contribution in [0, 0.1) is 0 Å². The molecule has 1 unspecified atom stereocenters. The standard InChI is InChI=1S/C18H42O46P10/c19-7-8(56-17-14(62-72(41,42)43)13(61-71(38,39)40)10(58-68(29,30)31)6(54-17)3-52-67(26,27)28)4(1-50-65(20,21)22)53-16(11(7)59-69(32,33)34)57-9-5(2-51-66(23,24)25)55-18(64-74(47,48)49)15(63-73(44,45)46)12(9)60-70(35,36)37/h4-19H,1-3H2,(H2,20,21,22)(H2,23,24,25)(H2,26,27,28)(H2,29,30,31)(H2,32,33,34)(H2,35,36,37)(H2,38,39,40)(H2,41,42,43)(H2,44,45,46)(H2,47,48,49)/t4-,5-,6-,7+,8-,9-,10-,11-,12+,13+,14-,15-,16-,17-,18?/m1/s1. The van der Waals surface area contributed by atoms with E-state index in [1.165, 1.54) is 0 Å². The molecule has 74 heavy (non-hydrogen) atoms. The van der Waals surface area contributed by atoms with Crippen LogP contribution in [-0.2, 0) is 115 Å². The first-order chi connectivity index (χ1) is 32.8. The van der Waals surface area contributed by atoms with Gasteiger partial charge in [0.05, 0.1) is 19.8 Å². The number of aliphatic hydroxyl groups excluding tert-OH is 1. The van der Waals surface area contributed by atoms with Crippen molar-refractivity contribution in [3.8, 4) is 0 Å². The van der Waals surface area contributed by atoms with Crippen LogP contribution in [0.2, 0.25) is 0 Å². The van der Waals surface area contributed by atoms with Crippen molar-refractivity contribution in [2.75, 3.05) is 19.8 Å². The highest BCUT2D eigenvalue weighted by Gasteiger charge is 2.61. The summed E-state index contributed by atoms with van der Waals surface area (Å²) < 4.78 is 190. The van der Waals surface area contributed by atoms with Crippen LogP contribution in [0.5, 0.6) is 0 Å². The zero-order valence-electron chi connectivity index (χ0n) is 34.9. The van der Waals surface area contributed by atoms with E-state index in [1.54, 1.807) is 0 Å². The fraction of sp³-hybridized carbons (Fsp3) is 1.00. The Balaban J connectivity index is 2.38. The Hall–Kier alpha value is 0.860. The van der Waals surface area contributed by atoms with E-state index in [0.717, 1.165) is 0 Å². The zero-order valence-corrected chi connectivity index (χ0v) is 43.8. The third kappa shape index (κ3) is 25.3. The minimum atomic E-state index is -6.33. The fourth-order valence-electron chi connectivity index (χ4n) is 6.30. The zero-order chi connectivity index (χ0) is 57.4. The maximum Gasteiger partial charge on any atom is 0.472 e. The molecule has 3 rings (SSSR count). The van der Waals surface area contributed by atoms with E-state index in [-0.39, 0.29) is 0 Å². The van der Waals surface area contributed by atoms with Crippen LogP contribution in [0.1, 0.15) is 0 Å². The summed E-state index contributed by atoms with van der Waals surface area (Å²) in [6, 6.07) is 0. The van der Waals surface area contributed by atoms with Gasteiger partial charge in [0, 0.05) is 0 Å². The Morgan fingerprint density at radius 2 is 0.514 bits per heavy atom. The van der Waals surface area contributed by atoms with E-state index in [4.69, 9.17) is 23.7 Å². The summed E-state index contributed by atoms with van der Waals surface area (Å²) in [6.07, 6.45) is -46.4. The van der Waals surface area contributed by atoms with Crippen LogP contribution >= 0.6 is 78.2 Å².